The molecule has 18 heavy (non-hydrogen) atoms. The molecule has 1 aliphatic heterocycles. The lowest BCUT2D eigenvalue weighted by Gasteiger charge is -2.32. The number of hydrogen-bond acceptors (Lipinski definition) is 2. The lowest BCUT2D eigenvalue weighted by Crippen LogP contribution is -2.34. The molecule has 0 aliphatic carbocycles. The van der Waals surface area contributed by atoms with Gasteiger partial charge < -0.3 is 10.2 Å². The van der Waals surface area contributed by atoms with E-state index in [1.165, 1.54) is 30.6 Å². The first kappa shape index (κ1) is 13.4. The van der Waals surface area contributed by atoms with Crippen LogP contribution in [0.15, 0.2) is 24.3 Å². The summed E-state index contributed by atoms with van der Waals surface area (Å²) in [6, 6.07) is 9.96. The van der Waals surface area contributed by atoms with Crippen molar-refractivity contribution in [2.75, 3.05) is 18.5 Å². The molecule has 1 fully saturated rings. The standard InChI is InChI=1S/C16H26N2/c1-12(2)15-10-7-11-18(15)16-9-6-5-8-14(16)13(3)17-4/h5-6,8-9,12-13,15,17H,7,10-11H2,1-4H3. The highest BCUT2D eigenvalue weighted by Gasteiger charge is 2.28. The third-order valence-electron chi connectivity index (χ3n) is 4.21. The van der Waals surface area contributed by atoms with E-state index < -0.39 is 0 Å². The fourth-order valence-electron chi connectivity index (χ4n) is 3.06. The van der Waals surface area contributed by atoms with Gasteiger partial charge in [0.2, 0.25) is 0 Å². The van der Waals surface area contributed by atoms with E-state index in [1.807, 2.05) is 7.05 Å². The Balaban J connectivity index is 2.32. The molecule has 2 heteroatoms. The van der Waals surface area contributed by atoms with Crippen molar-refractivity contribution in [1.82, 2.24) is 5.32 Å². The molecule has 2 rings (SSSR count). The number of nitrogens with one attached hydrogen (secondary N) is 1. The molecule has 1 aliphatic rings. The van der Waals surface area contributed by atoms with E-state index in [4.69, 9.17) is 0 Å². The van der Waals surface area contributed by atoms with Gasteiger partial charge in [0.05, 0.1) is 0 Å². The van der Waals surface area contributed by atoms with Gasteiger partial charge in [-0.3, -0.25) is 0 Å². The Kier molecular flexibility index (Phi) is 4.28. The Morgan fingerprint density at radius 1 is 1.22 bits per heavy atom. The van der Waals surface area contributed by atoms with Crippen LogP contribution in [0.3, 0.4) is 0 Å². The lowest BCUT2D eigenvalue weighted by atomic mass is 9.99. The maximum absolute atomic E-state index is 3.36. The van der Waals surface area contributed by atoms with Crippen LogP contribution in [0, 0.1) is 5.92 Å². The summed E-state index contributed by atoms with van der Waals surface area (Å²) in [5.41, 5.74) is 2.85. The summed E-state index contributed by atoms with van der Waals surface area (Å²) in [6.07, 6.45) is 2.66. The third-order valence-corrected chi connectivity index (χ3v) is 4.21. The van der Waals surface area contributed by atoms with Crippen molar-refractivity contribution in [3.8, 4) is 0 Å². The Labute approximate surface area is 111 Å². The molecule has 1 N–H and O–H groups in total. The lowest BCUT2D eigenvalue weighted by molar-refractivity contribution is 0.490. The van der Waals surface area contributed by atoms with E-state index in [2.05, 4.69) is 55.3 Å². The highest BCUT2D eigenvalue weighted by Crippen LogP contribution is 2.34. The zero-order chi connectivity index (χ0) is 13.1. The van der Waals surface area contributed by atoms with Gasteiger partial charge in [-0.2, -0.15) is 0 Å². The van der Waals surface area contributed by atoms with Crippen LogP contribution in [0.4, 0.5) is 5.69 Å². The van der Waals surface area contributed by atoms with Crippen LogP contribution < -0.4 is 10.2 Å². The van der Waals surface area contributed by atoms with Crippen LogP contribution in [0.5, 0.6) is 0 Å². The number of rotatable bonds is 4. The van der Waals surface area contributed by atoms with Gasteiger partial charge in [0.25, 0.3) is 0 Å². The molecule has 1 aromatic rings. The summed E-state index contributed by atoms with van der Waals surface area (Å²) in [4.78, 5) is 2.62. The number of benzene rings is 1. The highest BCUT2D eigenvalue weighted by atomic mass is 15.2. The van der Waals surface area contributed by atoms with Gasteiger partial charge in [0.1, 0.15) is 0 Å². The fourth-order valence-corrected chi connectivity index (χ4v) is 3.06. The molecule has 0 saturated carbocycles. The molecule has 0 aromatic heterocycles. The molecular formula is C16H26N2. The quantitative estimate of drug-likeness (QED) is 0.873. The zero-order valence-corrected chi connectivity index (χ0v) is 12.1. The first-order valence-corrected chi connectivity index (χ1v) is 7.18. The van der Waals surface area contributed by atoms with Crippen molar-refractivity contribution in [3.05, 3.63) is 29.8 Å². The molecule has 2 unspecified atom stereocenters. The molecule has 0 radical (unpaired) electrons. The monoisotopic (exact) mass is 246 g/mol. The molecular weight excluding hydrogens is 220 g/mol. The molecule has 2 atom stereocenters. The Morgan fingerprint density at radius 3 is 2.61 bits per heavy atom. The summed E-state index contributed by atoms with van der Waals surface area (Å²) in [6.45, 7) is 8.12. The molecule has 1 heterocycles. The van der Waals surface area contributed by atoms with E-state index in [1.54, 1.807) is 0 Å². The maximum atomic E-state index is 3.36. The minimum absolute atomic E-state index is 0.412. The van der Waals surface area contributed by atoms with E-state index in [-0.39, 0.29) is 0 Å². The van der Waals surface area contributed by atoms with Crippen molar-refractivity contribution in [3.63, 3.8) is 0 Å². The minimum atomic E-state index is 0.412. The fraction of sp³-hybridized carbons (Fsp3) is 0.625. The molecule has 1 saturated heterocycles. The largest absolute Gasteiger partial charge is 0.368 e. The average Bonchev–Trinajstić information content (AvgIpc) is 2.87. The second kappa shape index (κ2) is 5.75. The molecule has 0 amide bonds. The number of para-hydroxylation sites is 1. The molecule has 1 aromatic carbocycles. The van der Waals surface area contributed by atoms with Gasteiger partial charge in [-0.05, 0) is 44.4 Å². The van der Waals surface area contributed by atoms with Crippen LogP contribution in [-0.4, -0.2) is 19.6 Å². The van der Waals surface area contributed by atoms with Gasteiger partial charge in [-0.15, -0.1) is 0 Å². The van der Waals surface area contributed by atoms with Gasteiger partial charge in [0, 0.05) is 24.3 Å². The molecule has 2 nitrogen and oxygen atoms in total. The third kappa shape index (κ3) is 2.54. The number of anilines is 1. The summed E-state index contributed by atoms with van der Waals surface area (Å²) in [5.74, 6) is 0.727. The predicted octanol–water partition coefficient (Wildman–Crippen LogP) is 3.59. The van der Waals surface area contributed by atoms with E-state index in [0.29, 0.717) is 12.1 Å². The van der Waals surface area contributed by atoms with Crippen molar-refractivity contribution >= 4 is 5.69 Å². The van der Waals surface area contributed by atoms with E-state index >= 15 is 0 Å². The Hall–Kier alpha value is -1.02. The Morgan fingerprint density at radius 2 is 1.94 bits per heavy atom. The minimum Gasteiger partial charge on any atom is -0.368 e. The normalized spacial score (nSPS) is 21.6. The van der Waals surface area contributed by atoms with Crippen molar-refractivity contribution in [2.24, 2.45) is 5.92 Å². The SMILES string of the molecule is CNC(C)c1ccccc1N1CCCC1C(C)C. The summed E-state index contributed by atoms with van der Waals surface area (Å²) >= 11 is 0. The summed E-state index contributed by atoms with van der Waals surface area (Å²) in [5, 5.41) is 3.36. The maximum Gasteiger partial charge on any atom is 0.0417 e. The first-order valence-electron chi connectivity index (χ1n) is 7.18. The van der Waals surface area contributed by atoms with E-state index in [0.717, 1.165) is 5.92 Å². The highest BCUT2D eigenvalue weighted by molar-refractivity contribution is 5.56. The van der Waals surface area contributed by atoms with Crippen LogP contribution in [-0.2, 0) is 0 Å². The van der Waals surface area contributed by atoms with Gasteiger partial charge >= 0.3 is 0 Å². The van der Waals surface area contributed by atoms with E-state index in [9.17, 15) is 0 Å². The van der Waals surface area contributed by atoms with Crippen molar-refractivity contribution in [1.29, 1.82) is 0 Å². The first-order chi connectivity index (χ1) is 8.65. The van der Waals surface area contributed by atoms with Crippen LogP contribution in [0.25, 0.3) is 0 Å². The average molecular weight is 246 g/mol. The van der Waals surface area contributed by atoms with Crippen LogP contribution >= 0.6 is 0 Å². The van der Waals surface area contributed by atoms with Gasteiger partial charge in [-0.1, -0.05) is 32.0 Å². The second-order valence-corrected chi connectivity index (χ2v) is 5.72. The second-order valence-electron chi connectivity index (χ2n) is 5.72. The number of nitrogens with zero attached hydrogens (tertiary/aromatic N) is 1. The molecule has 100 valence electrons. The molecule has 0 spiro atoms. The smallest absolute Gasteiger partial charge is 0.0417 e. The zero-order valence-electron chi connectivity index (χ0n) is 12.1. The van der Waals surface area contributed by atoms with Crippen molar-refractivity contribution < 1.29 is 0 Å². The number of hydrogen-bond donors (Lipinski definition) is 1. The Bertz CT molecular complexity index is 386. The van der Waals surface area contributed by atoms with Crippen molar-refractivity contribution in [2.45, 2.75) is 45.7 Å². The summed E-state index contributed by atoms with van der Waals surface area (Å²) < 4.78 is 0. The molecule has 0 bridgehead atoms. The summed E-state index contributed by atoms with van der Waals surface area (Å²) in [7, 11) is 2.03. The van der Waals surface area contributed by atoms with Crippen LogP contribution in [0.1, 0.15) is 45.2 Å². The topological polar surface area (TPSA) is 15.3 Å². The predicted molar refractivity (Wildman–Crippen MR) is 79.1 cm³/mol. The van der Waals surface area contributed by atoms with Gasteiger partial charge in [0.15, 0.2) is 0 Å². The van der Waals surface area contributed by atoms with Crippen LogP contribution in [0.2, 0.25) is 0 Å². The van der Waals surface area contributed by atoms with Gasteiger partial charge in [-0.25, -0.2) is 0 Å².